The van der Waals surface area contributed by atoms with Gasteiger partial charge in [-0.3, -0.25) is 0 Å². The molecule has 3 heterocycles. The second-order valence-electron chi connectivity index (χ2n) is 8.26. The van der Waals surface area contributed by atoms with Crippen molar-refractivity contribution < 1.29 is 17.9 Å². The fraction of sp³-hybridized carbons (Fsp3) is 0.333. The maximum absolute atomic E-state index is 13.5. The molecular weight excluding hydrogens is 534 g/mol. The number of aliphatic imine (C=N–C) groups is 1. The average molecular weight is 560 g/mol. The molecule has 36 heavy (non-hydrogen) atoms. The number of para-hydroxylation sites is 2. The zero-order valence-corrected chi connectivity index (χ0v) is 21.8. The highest BCUT2D eigenvalue weighted by Gasteiger charge is 2.38. The van der Waals surface area contributed by atoms with E-state index in [4.69, 9.17) is 9.73 Å². The summed E-state index contributed by atoms with van der Waals surface area (Å²) in [6.07, 6.45) is -2.77. The third-order valence-corrected chi connectivity index (χ3v) is 6.95. The first-order valence-corrected chi connectivity index (χ1v) is 11.9. The van der Waals surface area contributed by atoms with E-state index in [0.717, 1.165) is 18.6 Å². The Hall–Kier alpha value is -2.53. The van der Waals surface area contributed by atoms with Gasteiger partial charge in [0.1, 0.15) is 16.4 Å². The van der Waals surface area contributed by atoms with E-state index in [1.165, 1.54) is 5.56 Å². The first-order chi connectivity index (χ1) is 16.4. The van der Waals surface area contributed by atoms with E-state index < -0.39 is 11.2 Å². The van der Waals surface area contributed by atoms with Crippen LogP contribution in [0, 0.1) is 0 Å². The molecule has 12 heteroatoms. The van der Waals surface area contributed by atoms with Gasteiger partial charge >= 0.3 is 6.18 Å². The fourth-order valence-electron chi connectivity index (χ4n) is 4.24. The summed E-state index contributed by atoms with van der Waals surface area (Å²) in [6, 6.07) is 15.5. The molecule has 1 atom stereocenters. The van der Waals surface area contributed by atoms with Gasteiger partial charge in [-0.05, 0) is 42.7 Å². The predicted octanol–water partition coefficient (Wildman–Crippen LogP) is 6.06. The Morgan fingerprint density at radius 3 is 2.72 bits per heavy atom. The van der Waals surface area contributed by atoms with E-state index in [9.17, 15) is 13.2 Å². The van der Waals surface area contributed by atoms with Crippen LogP contribution in [-0.2, 0) is 12.6 Å². The van der Waals surface area contributed by atoms with Crippen LogP contribution in [0.25, 0.3) is 0 Å². The quantitative estimate of drug-likeness (QED) is 0.407. The van der Waals surface area contributed by atoms with Gasteiger partial charge in [0.15, 0.2) is 5.84 Å². The van der Waals surface area contributed by atoms with Crippen molar-refractivity contribution in [2.24, 2.45) is 4.99 Å². The molecule has 0 radical (unpaired) electrons. The van der Waals surface area contributed by atoms with Crippen LogP contribution in [0.3, 0.4) is 0 Å². The molecule has 2 aliphatic heterocycles. The van der Waals surface area contributed by atoms with Crippen LogP contribution in [0.2, 0.25) is 0 Å². The molecule has 1 unspecified atom stereocenters. The summed E-state index contributed by atoms with van der Waals surface area (Å²) >= 11 is 0.617. The zero-order chi connectivity index (χ0) is 23.7. The summed E-state index contributed by atoms with van der Waals surface area (Å²) in [4.78, 5) is 10.8. The third-order valence-electron chi connectivity index (χ3n) is 5.93. The van der Waals surface area contributed by atoms with Gasteiger partial charge in [0.25, 0.3) is 0 Å². The Balaban J connectivity index is 0.00000180. The molecule has 194 valence electrons. The number of ether oxygens (including phenoxy) is 1. The molecule has 0 spiro atoms. The van der Waals surface area contributed by atoms with Crippen LogP contribution in [-0.4, -0.2) is 48.5 Å². The summed E-state index contributed by atoms with van der Waals surface area (Å²) in [6.45, 7) is 1.97. The molecule has 2 aliphatic rings. The highest BCUT2D eigenvalue weighted by molar-refractivity contribution is 7.16. The minimum Gasteiger partial charge on any atom is -0.497 e. The van der Waals surface area contributed by atoms with Crippen molar-refractivity contribution in [3.05, 3.63) is 64.8 Å². The van der Waals surface area contributed by atoms with Crippen LogP contribution in [0.5, 0.6) is 5.75 Å². The number of aromatic nitrogens is 1. The lowest BCUT2D eigenvalue weighted by Gasteiger charge is -2.35. The summed E-state index contributed by atoms with van der Waals surface area (Å²) < 4.78 is 45.7. The second-order valence-corrected chi connectivity index (χ2v) is 9.26. The molecule has 0 bridgehead atoms. The van der Waals surface area contributed by atoms with Crippen LogP contribution in [0.15, 0.2) is 53.5 Å². The number of alkyl halides is 3. The minimum absolute atomic E-state index is 0. The lowest BCUT2D eigenvalue weighted by Crippen LogP contribution is -2.53. The maximum Gasteiger partial charge on any atom is 0.443 e. The topological polar surface area (TPSA) is 61.8 Å². The molecular formula is C24H26Cl2F3N5OS. The van der Waals surface area contributed by atoms with Crippen LogP contribution in [0.1, 0.15) is 22.7 Å². The zero-order valence-electron chi connectivity index (χ0n) is 19.3. The largest absolute Gasteiger partial charge is 0.497 e. The normalized spacial score (nSPS) is 16.8. The van der Waals surface area contributed by atoms with Crippen molar-refractivity contribution in [2.75, 3.05) is 32.1 Å². The summed E-state index contributed by atoms with van der Waals surface area (Å²) in [5.41, 5.74) is 2.78. The van der Waals surface area contributed by atoms with Gasteiger partial charge in [-0.15, -0.1) is 24.8 Å². The number of hydrogen-bond donors (Lipinski definition) is 2. The third kappa shape index (κ3) is 6.05. The molecule has 0 aliphatic carbocycles. The van der Waals surface area contributed by atoms with E-state index >= 15 is 0 Å². The standard InChI is InChI=1S/C24H24F3N5OS.2ClH/c1-33-17-6-4-5-15(13-17)9-10-16-14-32(12-11-28-16)21-20-22(34-23(31-20)24(25,26)27)30-19-8-3-2-7-18(19)29-21;;/h2-8,13,16,28,30H,9-12,14H2,1H3;2*1H. The van der Waals surface area contributed by atoms with Gasteiger partial charge in [0.2, 0.25) is 5.01 Å². The molecule has 0 amide bonds. The number of amidine groups is 1. The van der Waals surface area contributed by atoms with Gasteiger partial charge in [-0.2, -0.15) is 13.2 Å². The van der Waals surface area contributed by atoms with Gasteiger partial charge in [-0.25, -0.2) is 9.98 Å². The van der Waals surface area contributed by atoms with E-state index in [0.29, 0.717) is 53.2 Å². The highest BCUT2D eigenvalue weighted by atomic mass is 35.5. The Kier molecular flexibility index (Phi) is 9.10. The SMILES string of the molecule is COc1cccc(CCC2CN(C3=Nc4ccccc4Nc4sc(C(F)(F)F)nc43)CCN2)c1.Cl.Cl. The first-order valence-electron chi connectivity index (χ1n) is 11.0. The van der Waals surface area contributed by atoms with Crippen molar-refractivity contribution in [3.8, 4) is 5.75 Å². The number of fused-ring (bicyclic) bond motifs is 2. The Labute approximate surface area is 223 Å². The number of rotatable bonds is 4. The summed E-state index contributed by atoms with van der Waals surface area (Å²) in [7, 11) is 1.65. The number of halogens is 5. The van der Waals surface area contributed by atoms with E-state index in [2.05, 4.69) is 26.6 Å². The Morgan fingerprint density at radius 1 is 1.14 bits per heavy atom. The number of piperazine rings is 1. The molecule has 0 saturated carbocycles. The molecule has 1 aromatic heterocycles. The fourth-order valence-corrected chi connectivity index (χ4v) is 5.09. The molecule has 1 fully saturated rings. The second kappa shape index (κ2) is 11.7. The Morgan fingerprint density at radius 2 is 1.94 bits per heavy atom. The minimum atomic E-state index is -4.51. The van der Waals surface area contributed by atoms with E-state index in [1.54, 1.807) is 7.11 Å². The number of nitrogens with zero attached hydrogens (tertiary/aromatic N) is 3. The van der Waals surface area contributed by atoms with Crippen LogP contribution < -0.4 is 15.4 Å². The van der Waals surface area contributed by atoms with Crippen molar-refractivity contribution in [1.29, 1.82) is 0 Å². The number of anilines is 2. The lowest BCUT2D eigenvalue weighted by atomic mass is 10.0. The number of methoxy groups -OCH3 is 1. The first kappa shape index (κ1) is 28.0. The molecule has 6 nitrogen and oxygen atoms in total. The summed E-state index contributed by atoms with van der Waals surface area (Å²) in [5.74, 6) is 1.30. The number of benzene rings is 2. The van der Waals surface area contributed by atoms with E-state index in [1.807, 2.05) is 42.5 Å². The monoisotopic (exact) mass is 559 g/mol. The van der Waals surface area contributed by atoms with Crippen molar-refractivity contribution in [1.82, 2.24) is 15.2 Å². The predicted molar refractivity (Wildman–Crippen MR) is 142 cm³/mol. The average Bonchev–Trinajstić information content (AvgIpc) is 3.20. The lowest BCUT2D eigenvalue weighted by molar-refractivity contribution is -0.137. The highest BCUT2D eigenvalue weighted by Crippen LogP contribution is 2.42. The van der Waals surface area contributed by atoms with Gasteiger partial charge in [0.05, 0.1) is 18.5 Å². The van der Waals surface area contributed by atoms with Crippen molar-refractivity contribution in [2.45, 2.75) is 25.1 Å². The van der Waals surface area contributed by atoms with Gasteiger partial charge < -0.3 is 20.3 Å². The molecule has 3 aromatic rings. The number of aryl methyl sites for hydroxylation is 1. The number of nitrogens with one attached hydrogen (secondary N) is 2. The van der Waals surface area contributed by atoms with Crippen LogP contribution >= 0.6 is 36.2 Å². The number of thiazole rings is 1. The van der Waals surface area contributed by atoms with Crippen molar-refractivity contribution in [3.63, 3.8) is 0 Å². The van der Waals surface area contributed by atoms with Crippen molar-refractivity contribution >= 4 is 58.4 Å². The van der Waals surface area contributed by atoms with E-state index in [-0.39, 0.29) is 36.5 Å². The summed E-state index contributed by atoms with van der Waals surface area (Å²) in [5, 5.41) is 6.14. The molecule has 2 N–H and O–H groups in total. The van der Waals surface area contributed by atoms with Crippen LogP contribution in [0.4, 0.5) is 29.5 Å². The maximum atomic E-state index is 13.5. The smallest absolute Gasteiger partial charge is 0.443 e. The van der Waals surface area contributed by atoms with Gasteiger partial charge in [0, 0.05) is 25.7 Å². The molecule has 1 saturated heterocycles. The van der Waals surface area contributed by atoms with Gasteiger partial charge in [-0.1, -0.05) is 35.6 Å². The molecule has 5 rings (SSSR count). The number of hydrogen-bond acceptors (Lipinski definition) is 7. The Bertz CT molecular complexity index is 1220. The molecule has 2 aromatic carbocycles.